The average molecular weight is 310 g/mol. The lowest BCUT2D eigenvalue weighted by molar-refractivity contribution is -0.153. The minimum Gasteiger partial charge on any atom is -0.493 e. The minimum absolute atomic E-state index is 0.127. The van der Waals surface area contributed by atoms with Gasteiger partial charge >= 0.3 is 5.97 Å². The maximum absolute atomic E-state index is 11.8. The van der Waals surface area contributed by atoms with Gasteiger partial charge in [-0.15, -0.1) is 0 Å². The Kier molecular flexibility index (Phi) is 6.03. The second-order valence-corrected chi connectivity index (χ2v) is 4.99. The molecule has 2 atom stereocenters. The van der Waals surface area contributed by atoms with Crippen LogP contribution in [-0.2, 0) is 14.3 Å². The lowest BCUT2D eigenvalue weighted by atomic mass is 10.1. The van der Waals surface area contributed by atoms with Crippen molar-refractivity contribution in [2.75, 3.05) is 26.9 Å². The molecule has 0 amide bonds. The molecule has 1 N–H and O–H groups in total. The van der Waals surface area contributed by atoms with Crippen molar-refractivity contribution in [2.24, 2.45) is 0 Å². The third kappa shape index (κ3) is 3.90. The van der Waals surface area contributed by atoms with Crippen molar-refractivity contribution in [1.82, 2.24) is 0 Å². The molecule has 1 aliphatic heterocycles. The fraction of sp³-hybridized carbons (Fsp3) is 0.562. The highest BCUT2D eigenvalue weighted by Crippen LogP contribution is 2.36. The van der Waals surface area contributed by atoms with E-state index in [1.165, 1.54) is 7.11 Å². The molecule has 22 heavy (non-hydrogen) atoms. The molecule has 0 radical (unpaired) electrons. The van der Waals surface area contributed by atoms with Gasteiger partial charge in [-0.05, 0) is 25.8 Å². The van der Waals surface area contributed by atoms with Crippen LogP contribution in [0.15, 0.2) is 18.2 Å². The molecule has 1 aromatic rings. The molecule has 1 heterocycles. The van der Waals surface area contributed by atoms with Crippen molar-refractivity contribution in [2.45, 2.75) is 32.0 Å². The summed E-state index contributed by atoms with van der Waals surface area (Å²) in [6, 6.07) is 5.05. The molecule has 0 aromatic heterocycles. The Bertz CT molecular complexity index is 495. The van der Waals surface area contributed by atoms with Crippen LogP contribution < -0.4 is 9.47 Å². The zero-order valence-electron chi connectivity index (χ0n) is 12.9. The van der Waals surface area contributed by atoms with Crippen LogP contribution in [0, 0.1) is 0 Å². The van der Waals surface area contributed by atoms with E-state index in [1.807, 2.05) is 0 Å². The van der Waals surface area contributed by atoms with Crippen LogP contribution in [-0.4, -0.2) is 44.1 Å². The van der Waals surface area contributed by atoms with E-state index >= 15 is 0 Å². The number of hydrogen-bond donors (Lipinski definition) is 1. The number of rotatable bonds is 6. The summed E-state index contributed by atoms with van der Waals surface area (Å²) in [4.78, 5) is 11.8. The Morgan fingerprint density at radius 3 is 2.95 bits per heavy atom. The minimum atomic E-state index is -1.41. The monoisotopic (exact) mass is 310 g/mol. The lowest BCUT2D eigenvalue weighted by Gasteiger charge is -2.26. The molecule has 0 saturated carbocycles. The second-order valence-electron chi connectivity index (χ2n) is 4.99. The van der Waals surface area contributed by atoms with Crippen LogP contribution in [0.3, 0.4) is 0 Å². The SMILES string of the molecule is CCOC(=O)C(O)c1cccc(OC)c1OC1CCCOC1. The summed E-state index contributed by atoms with van der Waals surface area (Å²) in [6.45, 7) is 3.09. The Balaban J connectivity index is 2.26. The van der Waals surface area contributed by atoms with Gasteiger partial charge in [0.1, 0.15) is 6.10 Å². The van der Waals surface area contributed by atoms with Gasteiger partial charge in [-0.1, -0.05) is 12.1 Å². The first-order valence-electron chi connectivity index (χ1n) is 7.43. The van der Waals surface area contributed by atoms with Gasteiger partial charge in [-0.2, -0.15) is 0 Å². The van der Waals surface area contributed by atoms with E-state index in [4.69, 9.17) is 18.9 Å². The first-order valence-corrected chi connectivity index (χ1v) is 7.43. The normalized spacial score (nSPS) is 19.3. The third-order valence-electron chi connectivity index (χ3n) is 3.44. The zero-order chi connectivity index (χ0) is 15.9. The van der Waals surface area contributed by atoms with Crippen molar-refractivity contribution in [3.8, 4) is 11.5 Å². The van der Waals surface area contributed by atoms with Crippen molar-refractivity contribution in [3.63, 3.8) is 0 Å². The highest BCUT2D eigenvalue weighted by atomic mass is 16.6. The van der Waals surface area contributed by atoms with Gasteiger partial charge in [0.15, 0.2) is 17.6 Å². The Hall–Kier alpha value is -1.79. The van der Waals surface area contributed by atoms with Crippen LogP contribution in [0.25, 0.3) is 0 Å². The summed E-state index contributed by atoms with van der Waals surface area (Å²) in [5.74, 6) is 0.118. The zero-order valence-corrected chi connectivity index (χ0v) is 12.9. The smallest absolute Gasteiger partial charge is 0.339 e. The summed E-state index contributed by atoms with van der Waals surface area (Å²) in [7, 11) is 1.51. The van der Waals surface area contributed by atoms with Crippen LogP contribution in [0.2, 0.25) is 0 Å². The van der Waals surface area contributed by atoms with Crippen molar-refractivity contribution >= 4 is 5.97 Å². The number of para-hydroxylation sites is 1. The number of carbonyl (C=O) groups is 1. The van der Waals surface area contributed by atoms with Crippen molar-refractivity contribution < 1.29 is 28.8 Å². The van der Waals surface area contributed by atoms with Gasteiger partial charge in [0.05, 0.1) is 20.3 Å². The summed E-state index contributed by atoms with van der Waals surface area (Å²) >= 11 is 0. The quantitative estimate of drug-likeness (QED) is 0.808. The maximum atomic E-state index is 11.8. The van der Waals surface area contributed by atoms with Crippen molar-refractivity contribution in [1.29, 1.82) is 0 Å². The first kappa shape index (κ1) is 16.6. The predicted molar refractivity (Wildman–Crippen MR) is 79.1 cm³/mol. The molecule has 6 heteroatoms. The van der Waals surface area contributed by atoms with E-state index in [0.29, 0.717) is 23.7 Å². The standard InChI is InChI=1S/C16H22O6/c1-3-21-16(18)14(17)12-7-4-8-13(19-2)15(12)22-11-6-5-9-20-10-11/h4,7-8,11,14,17H,3,5-6,9-10H2,1-2H3. The molecule has 0 spiro atoms. The van der Waals surface area contributed by atoms with Gasteiger partial charge in [-0.3, -0.25) is 0 Å². The summed E-state index contributed by atoms with van der Waals surface area (Å²) < 4.78 is 21.5. The van der Waals surface area contributed by atoms with Crippen molar-refractivity contribution in [3.05, 3.63) is 23.8 Å². The summed E-state index contributed by atoms with van der Waals surface area (Å²) in [6.07, 6.45) is 0.232. The highest BCUT2D eigenvalue weighted by molar-refractivity contribution is 5.77. The predicted octanol–water partition coefficient (Wildman–Crippen LogP) is 1.85. The number of aliphatic hydroxyl groups excluding tert-OH is 1. The van der Waals surface area contributed by atoms with Gasteiger partial charge in [0.25, 0.3) is 0 Å². The average Bonchev–Trinajstić information content (AvgIpc) is 2.55. The third-order valence-corrected chi connectivity index (χ3v) is 3.44. The summed E-state index contributed by atoms with van der Waals surface area (Å²) in [5, 5.41) is 10.2. The van der Waals surface area contributed by atoms with Crippen LogP contribution >= 0.6 is 0 Å². The largest absolute Gasteiger partial charge is 0.493 e. The van der Waals surface area contributed by atoms with Crippen LogP contribution in [0.5, 0.6) is 11.5 Å². The van der Waals surface area contributed by atoms with Gasteiger partial charge in [0, 0.05) is 12.2 Å². The molecule has 0 aliphatic carbocycles. The fourth-order valence-electron chi connectivity index (χ4n) is 2.35. The molecule has 0 bridgehead atoms. The topological polar surface area (TPSA) is 74.2 Å². The van der Waals surface area contributed by atoms with Gasteiger partial charge in [-0.25, -0.2) is 4.79 Å². The van der Waals surface area contributed by atoms with Crippen LogP contribution in [0.1, 0.15) is 31.4 Å². The Labute approximate surface area is 129 Å². The van der Waals surface area contributed by atoms with E-state index < -0.39 is 12.1 Å². The molecular formula is C16H22O6. The van der Waals surface area contributed by atoms with E-state index in [9.17, 15) is 9.90 Å². The molecule has 2 unspecified atom stereocenters. The number of methoxy groups -OCH3 is 1. The lowest BCUT2D eigenvalue weighted by Crippen LogP contribution is -2.29. The molecule has 1 saturated heterocycles. The van der Waals surface area contributed by atoms with Gasteiger partial charge in [0.2, 0.25) is 0 Å². The van der Waals surface area contributed by atoms with E-state index in [1.54, 1.807) is 25.1 Å². The van der Waals surface area contributed by atoms with E-state index in [2.05, 4.69) is 0 Å². The molecule has 6 nitrogen and oxygen atoms in total. The second kappa shape index (κ2) is 8.00. The molecule has 1 aliphatic rings. The fourth-order valence-corrected chi connectivity index (χ4v) is 2.35. The van der Waals surface area contributed by atoms with Gasteiger partial charge < -0.3 is 24.1 Å². The molecule has 1 aromatic carbocycles. The summed E-state index contributed by atoms with van der Waals surface area (Å²) in [5.41, 5.74) is 0.336. The van der Waals surface area contributed by atoms with Crippen LogP contribution in [0.4, 0.5) is 0 Å². The highest BCUT2D eigenvalue weighted by Gasteiger charge is 2.27. The number of carbonyl (C=O) groups excluding carboxylic acids is 1. The van der Waals surface area contributed by atoms with E-state index in [-0.39, 0.29) is 12.7 Å². The molecule has 122 valence electrons. The number of esters is 1. The number of hydrogen-bond acceptors (Lipinski definition) is 6. The van der Waals surface area contributed by atoms with E-state index in [0.717, 1.165) is 19.4 Å². The number of ether oxygens (including phenoxy) is 4. The Morgan fingerprint density at radius 2 is 2.32 bits per heavy atom. The maximum Gasteiger partial charge on any atom is 0.339 e. The molecule has 2 rings (SSSR count). The Morgan fingerprint density at radius 1 is 1.50 bits per heavy atom. The number of aliphatic hydroxyl groups is 1. The first-order chi connectivity index (χ1) is 10.7. The molecular weight excluding hydrogens is 288 g/mol. The molecule has 1 fully saturated rings. The number of benzene rings is 1.